The molecule has 0 amide bonds. The molecule has 0 saturated heterocycles. The average Bonchev–Trinajstić information content (AvgIpc) is 2.53. The number of nitrogens with two attached hydrogens (primary N) is 1. The van der Waals surface area contributed by atoms with E-state index in [2.05, 4.69) is 0 Å². The molecule has 0 aromatic heterocycles. The van der Waals surface area contributed by atoms with Gasteiger partial charge in [-0.1, -0.05) is 18.2 Å². The monoisotopic (exact) mass is 299 g/mol. The van der Waals surface area contributed by atoms with Crippen molar-refractivity contribution in [3.05, 3.63) is 53.6 Å². The van der Waals surface area contributed by atoms with Crippen LogP contribution < -0.4 is 15.2 Å². The van der Waals surface area contributed by atoms with E-state index in [9.17, 15) is 4.79 Å². The van der Waals surface area contributed by atoms with Crippen molar-refractivity contribution in [2.24, 2.45) is 0 Å². The Hall–Kier alpha value is -2.49. The van der Waals surface area contributed by atoms with E-state index in [1.165, 1.54) is 0 Å². The zero-order valence-electron chi connectivity index (χ0n) is 13.0. The summed E-state index contributed by atoms with van der Waals surface area (Å²) >= 11 is 0. The fourth-order valence-electron chi connectivity index (χ4n) is 2.34. The molecule has 2 N–H and O–H groups in total. The fraction of sp³-hybridized carbons (Fsp3) is 0.278. The summed E-state index contributed by atoms with van der Waals surface area (Å²) in [6, 6.07) is 13.2. The van der Waals surface area contributed by atoms with Crippen molar-refractivity contribution in [3.63, 3.8) is 0 Å². The van der Waals surface area contributed by atoms with Crippen LogP contribution in [0.1, 0.15) is 17.5 Å². The van der Waals surface area contributed by atoms with Crippen LogP contribution in [0.25, 0.3) is 0 Å². The van der Waals surface area contributed by atoms with Gasteiger partial charge in [0.1, 0.15) is 5.78 Å². The molecular formula is C18H21NO3. The van der Waals surface area contributed by atoms with Crippen LogP contribution in [0.5, 0.6) is 11.5 Å². The van der Waals surface area contributed by atoms with Crippen LogP contribution >= 0.6 is 0 Å². The van der Waals surface area contributed by atoms with Crippen LogP contribution in [-0.4, -0.2) is 20.0 Å². The first-order chi connectivity index (χ1) is 10.6. The largest absolute Gasteiger partial charge is 0.493 e. The zero-order valence-corrected chi connectivity index (χ0v) is 13.0. The van der Waals surface area contributed by atoms with Crippen molar-refractivity contribution in [3.8, 4) is 11.5 Å². The second kappa shape index (κ2) is 7.50. The third-order valence-corrected chi connectivity index (χ3v) is 3.49. The number of aryl methyl sites for hydroxylation is 1. The number of anilines is 1. The molecule has 22 heavy (non-hydrogen) atoms. The Morgan fingerprint density at radius 2 is 1.77 bits per heavy atom. The van der Waals surface area contributed by atoms with Crippen LogP contribution in [0.15, 0.2) is 42.5 Å². The number of carbonyl (C=O) groups excluding carboxylic acids is 1. The fourth-order valence-corrected chi connectivity index (χ4v) is 2.34. The minimum Gasteiger partial charge on any atom is -0.493 e. The van der Waals surface area contributed by atoms with Crippen LogP contribution in [0.4, 0.5) is 5.69 Å². The van der Waals surface area contributed by atoms with E-state index < -0.39 is 0 Å². The topological polar surface area (TPSA) is 61.5 Å². The van der Waals surface area contributed by atoms with E-state index in [1.54, 1.807) is 14.2 Å². The third-order valence-electron chi connectivity index (χ3n) is 3.49. The smallest absolute Gasteiger partial charge is 0.161 e. The SMILES string of the molecule is COc1ccc(CC(=O)CCc2cccc(N)c2)cc1OC. The number of carbonyl (C=O) groups is 1. The average molecular weight is 299 g/mol. The molecule has 116 valence electrons. The molecule has 0 aliphatic carbocycles. The summed E-state index contributed by atoms with van der Waals surface area (Å²) in [6.45, 7) is 0. The Morgan fingerprint density at radius 3 is 2.45 bits per heavy atom. The standard InChI is InChI=1S/C18H21NO3/c1-21-17-9-7-14(12-18(17)22-2)11-16(20)8-6-13-4-3-5-15(19)10-13/h3-5,7,9-10,12H,6,8,11,19H2,1-2H3. The molecule has 2 aromatic carbocycles. The third kappa shape index (κ3) is 4.25. The molecule has 4 nitrogen and oxygen atoms in total. The van der Waals surface area contributed by atoms with E-state index in [4.69, 9.17) is 15.2 Å². The molecule has 0 aliphatic rings. The van der Waals surface area contributed by atoms with Gasteiger partial charge in [0.25, 0.3) is 0 Å². The van der Waals surface area contributed by atoms with Crippen LogP contribution in [0.3, 0.4) is 0 Å². The van der Waals surface area contributed by atoms with Crippen LogP contribution in [-0.2, 0) is 17.6 Å². The van der Waals surface area contributed by atoms with Gasteiger partial charge in [-0.15, -0.1) is 0 Å². The lowest BCUT2D eigenvalue weighted by atomic mass is 10.0. The van der Waals surface area contributed by atoms with E-state index in [0.717, 1.165) is 16.8 Å². The molecule has 0 fully saturated rings. The molecule has 0 saturated carbocycles. The number of hydrogen-bond donors (Lipinski definition) is 1. The highest BCUT2D eigenvalue weighted by atomic mass is 16.5. The van der Waals surface area contributed by atoms with E-state index >= 15 is 0 Å². The Morgan fingerprint density at radius 1 is 1.00 bits per heavy atom. The van der Waals surface area contributed by atoms with Crippen LogP contribution in [0.2, 0.25) is 0 Å². The van der Waals surface area contributed by atoms with Gasteiger partial charge in [0.2, 0.25) is 0 Å². The minimum absolute atomic E-state index is 0.189. The van der Waals surface area contributed by atoms with Gasteiger partial charge in [0, 0.05) is 18.5 Å². The molecule has 0 heterocycles. The Balaban J connectivity index is 1.94. The minimum atomic E-state index is 0.189. The predicted octanol–water partition coefficient (Wildman–Crippen LogP) is 3.03. The summed E-state index contributed by atoms with van der Waals surface area (Å²) in [5.41, 5.74) is 8.47. The maximum absolute atomic E-state index is 12.1. The summed E-state index contributed by atoms with van der Waals surface area (Å²) < 4.78 is 10.4. The number of rotatable bonds is 7. The number of benzene rings is 2. The lowest BCUT2D eigenvalue weighted by Crippen LogP contribution is -2.05. The Bertz CT molecular complexity index is 653. The van der Waals surface area contributed by atoms with Gasteiger partial charge in [-0.2, -0.15) is 0 Å². The number of ether oxygens (including phenoxy) is 2. The van der Waals surface area contributed by atoms with Crippen molar-refractivity contribution >= 4 is 11.5 Å². The summed E-state index contributed by atoms with van der Waals surface area (Å²) in [5.74, 6) is 1.50. The van der Waals surface area contributed by atoms with Crippen molar-refractivity contribution < 1.29 is 14.3 Å². The molecule has 0 aliphatic heterocycles. The van der Waals surface area contributed by atoms with Gasteiger partial charge in [0.15, 0.2) is 11.5 Å². The molecule has 0 atom stereocenters. The van der Waals surface area contributed by atoms with Crippen molar-refractivity contribution in [2.75, 3.05) is 20.0 Å². The summed E-state index contributed by atoms with van der Waals surface area (Å²) in [5, 5.41) is 0. The maximum atomic E-state index is 12.1. The molecule has 0 unspecified atom stereocenters. The Labute approximate surface area is 130 Å². The summed E-state index contributed by atoms with van der Waals surface area (Å²) in [7, 11) is 3.18. The summed E-state index contributed by atoms with van der Waals surface area (Å²) in [4.78, 5) is 12.1. The second-order valence-corrected chi connectivity index (χ2v) is 5.15. The first-order valence-corrected chi connectivity index (χ1v) is 7.19. The lowest BCUT2D eigenvalue weighted by Gasteiger charge is -2.09. The van der Waals surface area contributed by atoms with Gasteiger partial charge in [-0.05, 0) is 41.8 Å². The van der Waals surface area contributed by atoms with Crippen LogP contribution in [0, 0.1) is 0 Å². The number of methoxy groups -OCH3 is 2. The highest BCUT2D eigenvalue weighted by Gasteiger charge is 2.09. The molecule has 0 bridgehead atoms. The second-order valence-electron chi connectivity index (χ2n) is 5.15. The highest BCUT2D eigenvalue weighted by Crippen LogP contribution is 2.27. The van der Waals surface area contributed by atoms with Crippen molar-refractivity contribution in [2.45, 2.75) is 19.3 Å². The molecule has 2 rings (SSSR count). The van der Waals surface area contributed by atoms with E-state index in [0.29, 0.717) is 30.8 Å². The molecule has 4 heteroatoms. The maximum Gasteiger partial charge on any atom is 0.161 e. The number of Topliss-reactive ketones (excluding diaryl/α,β-unsaturated/α-hetero) is 1. The van der Waals surface area contributed by atoms with Gasteiger partial charge in [0.05, 0.1) is 14.2 Å². The normalized spacial score (nSPS) is 10.3. The number of nitrogen functional groups attached to an aromatic ring is 1. The zero-order chi connectivity index (χ0) is 15.9. The molecular weight excluding hydrogens is 278 g/mol. The molecule has 2 aromatic rings. The molecule has 0 radical (unpaired) electrons. The lowest BCUT2D eigenvalue weighted by molar-refractivity contribution is -0.118. The van der Waals surface area contributed by atoms with E-state index in [1.807, 2.05) is 42.5 Å². The molecule has 0 spiro atoms. The quantitative estimate of drug-likeness (QED) is 0.798. The first kappa shape index (κ1) is 15.9. The number of ketones is 1. The van der Waals surface area contributed by atoms with Gasteiger partial charge in [-0.3, -0.25) is 4.79 Å². The van der Waals surface area contributed by atoms with E-state index in [-0.39, 0.29) is 5.78 Å². The number of hydrogen-bond acceptors (Lipinski definition) is 4. The van der Waals surface area contributed by atoms with Crippen molar-refractivity contribution in [1.82, 2.24) is 0 Å². The predicted molar refractivity (Wildman–Crippen MR) is 87.4 cm³/mol. The highest BCUT2D eigenvalue weighted by molar-refractivity contribution is 5.81. The first-order valence-electron chi connectivity index (χ1n) is 7.19. The van der Waals surface area contributed by atoms with Gasteiger partial charge < -0.3 is 15.2 Å². The Kier molecular flexibility index (Phi) is 5.42. The van der Waals surface area contributed by atoms with Gasteiger partial charge >= 0.3 is 0 Å². The summed E-state index contributed by atoms with van der Waals surface area (Å²) in [6.07, 6.45) is 1.59. The van der Waals surface area contributed by atoms with Gasteiger partial charge in [-0.25, -0.2) is 0 Å². The van der Waals surface area contributed by atoms with Crippen molar-refractivity contribution in [1.29, 1.82) is 0 Å².